The second kappa shape index (κ2) is 9.72. The van der Waals surface area contributed by atoms with Crippen molar-refractivity contribution in [2.45, 2.75) is 33.1 Å². The molecule has 0 aliphatic carbocycles. The number of nitrogens with zero attached hydrogens (tertiary/aromatic N) is 3. The zero-order chi connectivity index (χ0) is 21.6. The smallest absolute Gasteiger partial charge is 0.404 e. The van der Waals surface area contributed by atoms with Crippen LogP contribution in [0.4, 0.5) is 22.1 Å². The number of anilines is 3. The van der Waals surface area contributed by atoms with Gasteiger partial charge >= 0.3 is 6.09 Å². The molecule has 5 N–H and O–H groups in total. The minimum absolute atomic E-state index is 0.0600. The van der Waals surface area contributed by atoms with Gasteiger partial charge in [0.15, 0.2) is 17.3 Å². The molecule has 1 aromatic carbocycles. The lowest BCUT2D eigenvalue weighted by Gasteiger charge is -2.21. The molecule has 2 aromatic rings. The van der Waals surface area contributed by atoms with Crippen molar-refractivity contribution >= 4 is 29.3 Å². The molecular weight excluding hydrogens is 372 g/mol. The van der Waals surface area contributed by atoms with Crippen LogP contribution in [-0.4, -0.2) is 42.2 Å². The van der Waals surface area contributed by atoms with Gasteiger partial charge in [0.1, 0.15) is 0 Å². The number of nitrogens with one attached hydrogen (secondary N) is 1. The van der Waals surface area contributed by atoms with Gasteiger partial charge in [0.2, 0.25) is 0 Å². The van der Waals surface area contributed by atoms with Gasteiger partial charge < -0.3 is 26.4 Å². The van der Waals surface area contributed by atoms with E-state index in [1.807, 2.05) is 57.0 Å². The summed E-state index contributed by atoms with van der Waals surface area (Å²) in [5.74, 6) is 0.278. The summed E-state index contributed by atoms with van der Waals surface area (Å²) in [5.41, 5.74) is 13.0. The number of aromatic nitrogens is 2. The third-order valence-electron chi connectivity index (χ3n) is 4.55. The molecule has 0 saturated heterocycles. The Labute approximate surface area is 170 Å². The molecule has 1 atom stereocenters. The molecule has 9 nitrogen and oxygen atoms in total. The van der Waals surface area contributed by atoms with Crippen LogP contribution in [0.3, 0.4) is 0 Å². The van der Waals surface area contributed by atoms with Crippen LogP contribution >= 0.6 is 0 Å². The highest BCUT2D eigenvalue weighted by molar-refractivity contribution is 5.96. The molecule has 0 aliphatic rings. The van der Waals surface area contributed by atoms with Gasteiger partial charge in [-0.15, -0.1) is 0 Å². The highest BCUT2D eigenvalue weighted by Crippen LogP contribution is 2.26. The Kier molecular flexibility index (Phi) is 7.35. The molecule has 2 rings (SSSR count). The summed E-state index contributed by atoms with van der Waals surface area (Å²) in [7, 11) is 1.91. The van der Waals surface area contributed by atoms with Gasteiger partial charge in [0, 0.05) is 25.2 Å². The fourth-order valence-corrected chi connectivity index (χ4v) is 2.78. The molecule has 29 heavy (non-hydrogen) atoms. The minimum atomic E-state index is -0.809. The molecule has 0 saturated carbocycles. The van der Waals surface area contributed by atoms with Gasteiger partial charge in [-0.3, -0.25) is 4.79 Å². The average Bonchev–Trinajstić information content (AvgIpc) is 2.71. The summed E-state index contributed by atoms with van der Waals surface area (Å²) in [5, 5.41) is 3.15. The average molecular weight is 400 g/mol. The number of carbonyl (C=O) groups is 2. The van der Waals surface area contributed by atoms with Gasteiger partial charge in [-0.05, 0) is 31.0 Å². The zero-order valence-electron chi connectivity index (χ0n) is 17.2. The number of hydrogen-bond donors (Lipinski definition) is 3. The van der Waals surface area contributed by atoms with E-state index < -0.39 is 12.0 Å². The van der Waals surface area contributed by atoms with E-state index in [2.05, 4.69) is 15.3 Å². The van der Waals surface area contributed by atoms with Crippen molar-refractivity contribution in [2.75, 3.05) is 30.4 Å². The summed E-state index contributed by atoms with van der Waals surface area (Å²) in [6.45, 7) is 6.79. The fraction of sp³-hybridized carbons (Fsp3) is 0.400. The fourth-order valence-electron chi connectivity index (χ4n) is 2.78. The van der Waals surface area contributed by atoms with Crippen LogP contribution in [0.1, 0.15) is 48.4 Å². The maximum atomic E-state index is 12.0. The van der Waals surface area contributed by atoms with E-state index in [1.165, 1.54) is 0 Å². The summed E-state index contributed by atoms with van der Waals surface area (Å²) < 4.78 is 4.88. The van der Waals surface area contributed by atoms with Crippen LogP contribution < -0.4 is 21.7 Å². The molecule has 1 aromatic heterocycles. The molecule has 9 heteroatoms. The number of amides is 2. The molecular formula is C20H28N6O3. The van der Waals surface area contributed by atoms with E-state index in [4.69, 9.17) is 16.2 Å². The van der Waals surface area contributed by atoms with Gasteiger partial charge in [0.05, 0.1) is 12.3 Å². The van der Waals surface area contributed by atoms with Crippen LogP contribution in [-0.2, 0) is 11.2 Å². The maximum Gasteiger partial charge on any atom is 0.404 e. The molecule has 2 amide bonds. The Morgan fingerprint density at radius 2 is 1.97 bits per heavy atom. The van der Waals surface area contributed by atoms with E-state index in [-0.39, 0.29) is 18.2 Å². The Morgan fingerprint density at radius 3 is 2.55 bits per heavy atom. The van der Waals surface area contributed by atoms with E-state index in [0.29, 0.717) is 29.4 Å². The largest absolute Gasteiger partial charge is 0.449 e. The second-order valence-corrected chi connectivity index (χ2v) is 6.70. The lowest BCUT2D eigenvalue weighted by molar-refractivity contribution is 0.0996. The number of nitrogens with two attached hydrogens (primary N) is 2. The van der Waals surface area contributed by atoms with Gasteiger partial charge in [-0.25, -0.2) is 14.8 Å². The highest BCUT2D eigenvalue weighted by atomic mass is 16.5. The van der Waals surface area contributed by atoms with Crippen molar-refractivity contribution in [3.8, 4) is 0 Å². The Morgan fingerprint density at radius 1 is 1.24 bits per heavy atom. The highest BCUT2D eigenvalue weighted by Gasteiger charge is 2.19. The van der Waals surface area contributed by atoms with Crippen LogP contribution in [0.5, 0.6) is 0 Å². The third kappa shape index (κ3) is 5.56. The molecule has 0 spiro atoms. The lowest BCUT2D eigenvalue weighted by atomic mass is 10.0. The first-order valence-corrected chi connectivity index (χ1v) is 9.47. The molecule has 0 fully saturated rings. The second-order valence-electron chi connectivity index (χ2n) is 6.70. The molecule has 0 bridgehead atoms. The van der Waals surface area contributed by atoms with E-state index >= 15 is 0 Å². The minimum Gasteiger partial charge on any atom is -0.449 e. The standard InChI is InChI=1S/C20H28N6O3/c1-5-15-19(26(4)6-2)25-18(16(24-15)17(21)27)23-14-9-7-8-13(10-14)12(3)11-29-20(22)28/h7-10,12H,5-6,11H2,1-4H3,(H2,21,27)(H2,22,28)(H,23,25)/t12-/m0/s1. The predicted octanol–water partition coefficient (Wildman–Crippen LogP) is 2.54. The number of ether oxygens (including phenoxy) is 1. The number of benzene rings is 1. The quantitative estimate of drug-likeness (QED) is 0.588. The molecule has 0 unspecified atom stereocenters. The first-order valence-electron chi connectivity index (χ1n) is 9.47. The number of hydrogen-bond acceptors (Lipinski definition) is 7. The van der Waals surface area contributed by atoms with Crippen LogP contribution in [0.15, 0.2) is 24.3 Å². The summed E-state index contributed by atoms with van der Waals surface area (Å²) in [4.78, 5) is 33.8. The normalized spacial score (nSPS) is 11.6. The van der Waals surface area contributed by atoms with E-state index in [9.17, 15) is 9.59 Å². The number of primary amides is 2. The zero-order valence-corrected chi connectivity index (χ0v) is 17.2. The summed E-state index contributed by atoms with van der Waals surface area (Å²) in [6, 6.07) is 7.50. The summed E-state index contributed by atoms with van der Waals surface area (Å²) >= 11 is 0. The van der Waals surface area contributed by atoms with Crippen molar-refractivity contribution in [1.82, 2.24) is 9.97 Å². The van der Waals surface area contributed by atoms with Gasteiger partial charge in [-0.1, -0.05) is 26.0 Å². The molecule has 0 aliphatic heterocycles. The van der Waals surface area contributed by atoms with Crippen molar-refractivity contribution in [3.63, 3.8) is 0 Å². The number of rotatable bonds is 9. The molecule has 1 heterocycles. The first kappa shape index (κ1) is 21.9. The van der Waals surface area contributed by atoms with Crippen LogP contribution in [0, 0.1) is 0 Å². The lowest BCUT2D eigenvalue weighted by Crippen LogP contribution is -2.24. The van der Waals surface area contributed by atoms with E-state index in [1.54, 1.807) is 0 Å². The van der Waals surface area contributed by atoms with Crippen molar-refractivity contribution in [1.29, 1.82) is 0 Å². The monoisotopic (exact) mass is 400 g/mol. The maximum absolute atomic E-state index is 12.0. The summed E-state index contributed by atoms with van der Waals surface area (Å²) in [6.07, 6.45) is -0.184. The van der Waals surface area contributed by atoms with Crippen molar-refractivity contribution in [2.24, 2.45) is 11.5 Å². The predicted molar refractivity (Wildman–Crippen MR) is 113 cm³/mol. The third-order valence-corrected chi connectivity index (χ3v) is 4.55. The number of aryl methyl sites for hydroxylation is 1. The Hall–Kier alpha value is -3.36. The number of carbonyl (C=O) groups excluding carboxylic acids is 2. The molecule has 156 valence electrons. The van der Waals surface area contributed by atoms with E-state index in [0.717, 1.165) is 12.1 Å². The Bertz CT molecular complexity index is 887. The van der Waals surface area contributed by atoms with Crippen LogP contribution in [0.25, 0.3) is 0 Å². The topological polar surface area (TPSA) is 136 Å². The SMILES string of the molecule is CCc1nc(C(N)=O)c(Nc2cccc([C@@H](C)COC(N)=O)c2)nc1N(C)CC. The Balaban J connectivity index is 2.38. The molecule has 0 radical (unpaired) electrons. The van der Waals surface area contributed by atoms with Gasteiger partial charge in [-0.2, -0.15) is 0 Å². The van der Waals surface area contributed by atoms with Crippen molar-refractivity contribution < 1.29 is 14.3 Å². The first-order chi connectivity index (χ1) is 13.8. The van der Waals surface area contributed by atoms with Crippen LogP contribution in [0.2, 0.25) is 0 Å². The van der Waals surface area contributed by atoms with Crippen molar-refractivity contribution in [3.05, 3.63) is 41.2 Å². The van der Waals surface area contributed by atoms with Gasteiger partial charge in [0.25, 0.3) is 5.91 Å².